The molecule has 0 fully saturated rings. The molecule has 0 aliphatic carbocycles. The molecule has 0 unspecified atom stereocenters. The van der Waals surface area contributed by atoms with Crippen molar-refractivity contribution in [2.45, 2.75) is 25.8 Å². The van der Waals surface area contributed by atoms with Gasteiger partial charge in [0.1, 0.15) is 17.3 Å². The summed E-state index contributed by atoms with van der Waals surface area (Å²) in [7, 11) is 1.94. The summed E-state index contributed by atoms with van der Waals surface area (Å²) >= 11 is 0. The molecule has 4 aromatic rings. The molecule has 0 bridgehead atoms. The number of carboxylic acid groups (broad SMARTS) is 1. The third kappa shape index (κ3) is 4.11. The predicted molar refractivity (Wildman–Crippen MR) is 144 cm³/mol. The highest BCUT2D eigenvalue weighted by atomic mass is 19.1. The minimum atomic E-state index is -1.37. The number of carbonyl (C=O) groups is 1. The number of aryl methyl sites for hydroxylation is 1. The molecule has 1 atom stereocenters. The first-order chi connectivity index (χ1) is 18.7. The van der Waals surface area contributed by atoms with Gasteiger partial charge in [0.2, 0.25) is 0 Å². The van der Waals surface area contributed by atoms with Crippen LogP contribution in [0, 0.1) is 11.6 Å². The summed E-state index contributed by atoms with van der Waals surface area (Å²) in [4.78, 5) is 31.1. The molecular weight excluding hydrogens is 504 g/mol. The quantitative estimate of drug-likeness (QED) is 0.394. The highest BCUT2D eigenvalue weighted by Crippen LogP contribution is 2.34. The Morgan fingerprint density at radius 2 is 1.92 bits per heavy atom. The van der Waals surface area contributed by atoms with Crippen molar-refractivity contribution in [3.05, 3.63) is 93.2 Å². The smallest absolute Gasteiger partial charge is 0.335 e. The molecule has 0 saturated carbocycles. The van der Waals surface area contributed by atoms with Crippen LogP contribution in [0.1, 0.15) is 46.6 Å². The minimum Gasteiger partial charge on any atom is -0.478 e. The second-order valence-corrected chi connectivity index (χ2v) is 10.0. The van der Waals surface area contributed by atoms with Crippen molar-refractivity contribution in [2.24, 2.45) is 7.05 Å². The summed E-state index contributed by atoms with van der Waals surface area (Å²) in [6.45, 7) is 3.86. The lowest BCUT2D eigenvalue weighted by Gasteiger charge is -2.32. The maximum absolute atomic E-state index is 14.6. The predicted octanol–water partition coefficient (Wildman–Crippen LogP) is 4.52. The summed E-state index contributed by atoms with van der Waals surface area (Å²) in [5.41, 5.74) is 4.11. The molecule has 2 aliphatic heterocycles. The van der Waals surface area contributed by atoms with E-state index < -0.39 is 23.2 Å². The molecule has 1 aromatic carbocycles. The molecule has 0 amide bonds. The average Bonchev–Trinajstić information content (AvgIpc) is 3.54. The van der Waals surface area contributed by atoms with Crippen molar-refractivity contribution >= 4 is 28.3 Å². The lowest BCUT2D eigenvalue weighted by Crippen LogP contribution is -2.32. The van der Waals surface area contributed by atoms with Crippen molar-refractivity contribution in [3.63, 3.8) is 0 Å². The van der Waals surface area contributed by atoms with Gasteiger partial charge in [-0.05, 0) is 55.7 Å². The Labute approximate surface area is 222 Å². The van der Waals surface area contributed by atoms with E-state index >= 15 is 0 Å². The number of nitrogens with one attached hydrogen (secondary N) is 1. The molecule has 200 valence electrons. The molecule has 0 spiro atoms. The fraction of sp³-hybridized carbons (Fsp3) is 0.276. The van der Waals surface area contributed by atoms with Crippen LogP contribution in [-0.2, 0) is 13.5 Å². The standard InChI is InChI=1S/C29H27F2N5O3/c1-16(35-10-5-17(6-11-35)26-21(30)13-18(29(38)39)14-22(26)31)25-15-20-24(4-9-33-27(20)34(25)2)36-12-7-23-19(28(36)37)3-8-32-23/h4-5,7,9,12-16,32H,3,6,8,10-11H2,1-2H3,(H,38,39)/t16-/m1/s1. The number of fused-ring (bicyclic) bond motifs is 2. The number of hydrogen-bond acceptors (Lipinski definition) is 5. The van der Waals surface area contributed by atoms with Gasteiger partial charge in [0.25, 0.3) is 5.56 Å². The van der Waals surface area contributed by atoms with Crippen LogP contribution >= 0.6 is 0 Å². The van der Waals surface area contributed by atoms with E-state index in [1.807, 2.05) is 23.7 Å². The average molecular weight is 532 g/mol. The van der Waals surface area contributed by atoms with Gasteiger partial charge in [-0.1, -0.05) is 6.08 Å². The minimum absolute atomic E-state index is 0.0343. The Balaban J connectivity index is 1.31. The topological polar surface area (TPSA) is 92.4 Å². The molecule has 39 heavy (non-hydrogen) atoms. The number of aromatic nitrogens is 3. The molecule has 2 aliphatic rings. The molecule has 10 heteroatoms. The van der Waals surface area contributed by atoms with Crippen LogP contribution < -0.4 is 10.9 Å². The molecular formula is C29H27F2N5O3. The number of nitrogens with zero attached hydrogens (tertiary/aromatic N) is 4. The van der Waals surface area contributed by atoms with Crippen LogP contribution in [0.3, 0.4) is 0 Å². The fourth-order valence-corrected chi connectivity index (χ4v) is 5.79. The van der Waals surface area contributed by atoms with Crippen molar-refractivity contribution in [1.29, 1.82) is 0 Å². The summed E-state index contributed by atoms with van der Waals surface area (Å²) in [6, 6.07) is 7.52. The Kier molecular flexibility index (Phi) is 6.06. The molecule has 3 aromatic heterocycles. The summed E-state index contributed by atoms with van der Waals surface area (Å²) in [5.74, 6) is -3.11. The Bertz CT molecular complexity index is 1720. The number of hydrogen-bond donors (Lipinski definition) is 2. The lowest BCUT2D eigenvalue weighted by atomic mass is 9.96. The third-order valence-electron chi connectivity index (χ3n) is 7.91. The Morgan fingerprint density at radius 3 is 2.62 bits per heavy atom. The number of benzene rings is 1. The monoisotopic (exact) mass is 531 g/mol. The number of anilines is 1. The highest BCUT2D eigenvalue weighted by Gasteiger charge is 2.26. The normalized spacial score (nSPS) is 16.2. The first-order valence-corrected chi connectivity index (χ1v) is 12.8. The van der Waals surface area contributed by atoms with E-state index in [0.29, 0.717) is 31.5 Å². The molecule has 8 nitrogen and oxygen atoms in total. The van der Waals surface area contributed by atoms with Crippen LogP contribution in [0.4, 0.5) is 14.5 Å². The first-order valence-electron chi connectivity index (χ1n) is 12.8. The Hall–Kier alpha value is -4.31. The van der Waals surface area contributed by atoms with Crippen molar-refractivity contribution < 1.29 is 18.7 Å². The van der Waals surface area contributed by atoms with Crippen LogP contribution in [0.5, 0.6) is 0 Å². The zero-order valence-electron chi connectivity index (χ0n) is 21.5. The lowest BCUT2D eigenvalue weighted by molar-refractivity contribution is 0.0695. The highest BCUT2D eigenvalue weighted by molar-refractivity contribution is 5.88. The second kappa shape index (κ2) is 9.46. The van der Waals surface area contributed by atoms with E-state index in [4.69, 9.17) is 5.11 Å². The van der Waals surface area contributed by atoms with E-state index in [1.165, 1.54) is 0 Å². The van der Waals surface area contributed by atoms with Crippen LogP contribution in [0.15, 0.2) is 53.6 Å². The largest absolute Gasteiger partial charge is 0.478 e. The van der Waals surface area contributed by atoms with Gasteiger partial charge in [-0.15, -0.1) is 0 Å². The number of carboxylic acids is 1. The molecule has 0 saturated heterocycles. The van der Waals surface area contributed by atoms with Gasteiger partial charge in [0, 0.05) is 73.0 Å². The molecule has 6 rings (SSSR count). The van der Waals surface area contributed by atoms with E-state index in [2.05, 4.69) is 28.2 Å². The summed E-state index contributed by atoms with van der Waals surface area (Å²) in [5, 5.41) is 13.2. The third-order valence-corrected chi connectivity index (χ3v) is 7.91. The van der Waals surface area contributed by atoms with Gasteiger partial charge < -0.3 is 15.0 Å². The number of aromatic carboxylic acids is 1. The van der Waals surface area contributed by atoms with Gasteiger partial charge in [0.15, 0.2) is 0 Å². The molecule has 0 radical (unpaired) electrons. The first kappa shape index (κ1) is 25.0. The van der Waals surface area contributed by atoms with Crippen LogP contribution in [0.2, 0.25) is 0 Å². The second-order valence-electron chi connectivity index (χ2n) is 10.0. The molecule has 5 heterocycles. The van der Waals surface area contributed by atoms with Gasteiger partial charge >= 0.3 is 5.97 Å². The number of rotatable bonds is 5. The summed E-state index contributed by atoms with van der Waals surface area (Å²) < 4.78 is 33.0. The number of pyridine rings is 2. The van der Waals surface area contributed by atoms with E-state index in [1.54, 1.807) is 23.0 Å². The fourth-order valence-electron chi connectivity index (χ4n) is 5.79. The van der Waals surface area contributed by atoms with E-state index in [9.17, 15) is 18.4 Å². The maximum atomic E-state index is 14.6. The van der Waals surface area contributed by atoms with Gasteiger partial charge in [-0.25, -0.2) is 18.6 Å². The van der Waals surface area contributed by atoms with E-state index in [-0.39, 0.29) is 17.2 Å². The molecule has 2 N–H and O–H groups in total. The van der Waals surface area contributed by atoms with Gasteiger partial charge in [-0.3, -0.25) is 14.3 Å². The van der Waals surface area contributed by atoms with Gasteiger partial charge in [-0.2, -0.15) is 0 Å². The maximum Gasteiger partial charge on any atom is 0.335 e. The van der Waals surface area contributed by atoms with Gasteiger partial charge in [0.05, 0.1) is 11.3 Å². The van der Waals surface area contributed by atoms with Crippen molar-refractivity contribution in [3.8, 4) is 5.69 Å². The number of halogens is 2. The van der Waals surface area contributed by atoms with Crippen LogP contribution in [-0.4, -0.2) is 49.7 Å². The Morgan fingerprint density at radius 1 is 1.15 bits per heavy atom. The van der Waals surface area contributed by atoms with Crippen molar-refractivity contribution in [1.82, 2.24) is 19.0 Å². The van der Waals surface area contributed by atoms with Crippen LogP contribution in [0.25, 0.3) is 22.3 Å². The van der Waals surface area contributed by atoms with Crippen molar-refractivity contribution in [2.75, 3.05) is 25.0 Å². The summed E-state index contributed by atoms with van der Waals surface area (Å²) in [6.07, 6.45) is 6.41. The SMILES string of the molecule is C[C@H](c1cc2c(-n3ccc4c(c3=O)CCN4)ccnc2n1C)N1CC=C(c2c(F)cc(C(=O)O)cc2F)CC1. The van der Waals surface area contributed by atoms with E-state index in [0.717, 1.165) is 52.3 Å². The zero-order valence-corrected chi connectivity index (χ0v) is 21.5. The zero-order chi connectivity index (χ0) is 27.4.